The summed E-state index contributed by atoms with van der Waals surface area (Å²) in [5.41, 5.74) is 2.13. The molecule has 0 atom stereocenters. The van der Waals surface area contributed by atoms with Crippen molar-refractivity contribution in [2.45, 2.75) is 37.9 Å². The smallest absolute Gasteiger partial charge is 0.287 e. The number of amides is 1. The Kier molecular flexibility index (Phi) is 5.39. The number of furan rings is 1. The van der Waals surface area contributed by atoms with E-state index in [0.717, 1.165) is 16.8 Å². The van der Waals surface area contributed by atoms with Crippen LogP contribution in [-0.4, -0.2) is 30.1 Å². The van der Waals surface area contributed by atoms with E-state index in [2.05, 4.69) is 20.2 Å². The lowest BCUT2D eigenvalue weighted by atomic mass is 10.1. The zero-order valence-electron chi connectivity index (χ0n) is 15.8. The molecule has 3 aromatic rings. The highest BCUT2D eigenvalue weighted by Gasteiger charge is 2.26. The van der Waals surface area contributed by atoms with E-state index in [9.17, 15) is 13.2 Å². The van der Waals surface area contributed by atoms with Crippen LogP contribution < -0.4 is 10.0 Å². The van der Waals surface area contributed by atoms with Gasteiger partial charge >= 0.3 is 0 Å². The van der Waals surface area contributed by atoms with Crippen LogP contribution in [-0.2, 0) is 16.6 Å². The van der Waals surface area contributed by atoms with Crippen molar-refractivity contribution in [1.82, 2.24) is 20.2 Å². The first-order valence-corrected chi connectivity index (χ1v) is 10.1. The number of benzene rings is 1. The summed E-state index contributed by atoms with van der Waals surface area (Å²) in [5.74, 6) is -0.557. The Labute approximate surface area is 163 Å². The molecule has 0 fully saturated rings. The number of H-pyrrole nitrogens is 1. The highest BCUT2D eigenvalue weighted by Crippen LogP contribution is 2.18. The molecular formula is C19H22N4O4S. The van der Waals surface area contributed by atoms with E-state index < -0.39 is 21.5 Å². The van der Waals surface area contributed by atoms with Crippen LogP contribution in [0.15, 0.2) is 58.2 Å². The predicted molar refractivity (Wildman–Crippen MR) is 104 cm³/mol. The maximum atomic E-state index is 12.3. The van der Waals surface area contributed by atoms with E-state index in [1.807, 2.05) is 30.3 Å². The van der Waals surface area contributed by atoms with Crippen LogP contribution in [0.3, 0.4) is 0 Å². The molecule has 2 aromatic heterocycles. The van der Waals surface area contributed by atoms with Crippen molar-refractivity contribution < 1.29 is 17.6 Å². The molecule has 0 aliphatic carbocycles. The monoisotopic (exact) mass is 402 g/mol. The summed E-state index contributed by atoms with van der Waals surface area (Å²) in [6.45, 7) is 5.45. The molecular weight excluding hydrogens is 380 g/mol. The summed E-state index contributed by atoms with van der Waals surface area (Å²) in [6, 6.07) is 12.1. The Balaban J connectivity index is 1.62. The zero-order valence-corrected chi connectivity index (χ0v) is 16.6. The summed E-state index contributed by atoms with van der Waals surface area (Å²) >= 11 is 0. The first kappa shape index (κ1) is 19.8. The minimum Gasteiger partial charge on any atom is -0.438 e. The van der Waals surface area contributed by atoms with Gasteiger partial charge in [0.2, 0.25) is 5.09 Å². The molecule has 148 valence electrons. The van der Waals surface area contributed by atoms with Crippen LogP contribution in [0.25, 0.3) is 11.3 Å². The number of aromatic nitrogens is 2. The van der Waals surface area contributed by atoms with E-state index in [-0.39, 0.29) is 17.4 Å². The van der Waals surface area contributed by atoms with E-state index in [1.165, 1.54) is 12.1 Å². The molecule has 3 N–H and O–H groups in total. The molecule has 0 bridgehead atoms. The van der Waals surface area contributed by atoms with Gasteiger partial charge in [-0.05, 0) is 50.1 Å². The molecule has 0 saturated heterocycles. The van der Waals surface area contributed by atoms with Gasteiger partial charge in [0, 0.05) is 18.3 Å². The Morgan fingerprint density at radius 2 is 1.82 bits per heavy atom. The number of nitrogens with one attached hydrogen (secondary N) is 3. The van der Waals surface area contributed by atoms with Gasteiger partial charge in [-0.3, -0.25) is 9.89 Å². The number of carbonyl (C=O) groups is 1. The van der Waals surface area contributed by atoms with E-state index >= 15 is 0 Å². The first-order chi connectivity index (χ1) is 13.1. The van der Waals surface area contributed by atoms with Gasteiger partial charge in [-0.1, -0.05) is 24.3 Å². The number of nitrogens with zero attached hydrogens (tertiary/aromatic N) is 1. The van der Waals surface area contributed by atoms with Crippen molar-refractivity contribution in [2.24, 2.45) is 0 Å². The van der Waals surface area contributed by atoms with Crippen LogP contribution in [0.4, 0.5) is 0 Å². The Morgan fingerprint density at radius 3 is 2.43 bits per heavy atom. The number of hydrogen-bond acceptors (Lipinski definition) is 5. The van der Waals surface area contributed by atoms with Crippen LogP contribution in [0.1, 0.15) is 36.9 Å². The number of hydrogen-bond donors (Lipinski definition) is 3. The minimum absolute atomic E-state index is 0.0663. The standard InChI is InChI=1S/C19H22N4O4S/c1-19(2,3)23-28(25,26)17-9-8-16(27-17)18(24)20-12-13-4-6-14(7-5-13)15-10-11-21-22-15/h4-11,23H,12H2,1-3H3,(H,20,24)(H,21,22). The van der Waals surface area contributed by atoms with Gasteiger partial charge < -0.3 is 9.73 Å². The van der Waals surface area contributed by atoms with Crippen molar-refractivity contribution in [3.63, 3.8) is 0 Å². The van der Waals surface area contributed by atoms with Gasteiger partial charge in [0.1, 0.15) is 0 Å². The van der Waals surface area contributed by atoms with Gasteiger partial charge in [-0.2, -0.15) is 5.10 Å². The predicted octanol–water partition coefficient (Wildman–Crippen LogP) is 2.68. The molecule has 28 heavy (non-hydrogen) atoms. The summed E-state index contributed by atoms with van der Waals surface area (Å²) in [4.78, 5) is 12.3. The fourth-order valence-electron chi connectivity index (χ4n) is 2.53. The molecule has 0 spiro atoms. The molecule has 0 radical (unpaired) electrons. The van der Waals surface area contributed by atoms with E-state index in [4.69, 9.17) is 4.42 Å². The summed E-state index contributed by atoms with van der Waals surface area (Å²) < 4.78 is 32.2. The highest BCUT2D eigenvalue weighted by molar-refractivity contribution is 7.89. The van der Waals surface area contributed by atoms with Crippen molar-refractivity contribution in [2.75, 3.05) is 0 Å². The lowest BCUT2D eigenvalue weighted by Crippen LogP contribution is -2.40. The second-order valence-electron chi connectivity index (χ2n) is 7.32. The minimum atomic E-state index is -3.83. The van der Waals surface area contributed by atoms with Crippen LogP contribution in [0, 0.1) is 0 Å². The number of carbonyl (C=O) groups excluding carboxylic acids is 1. The van der Waals surface area contributed by atoms with E-state index in [0.29, 0.717) is 0 Å². The van der Waals surface area contributed by atoms with Crippen LogP contribution in [0.5, 0.6) is 0 Å². The van der Waals surface area contributed by atoms with Crippen molar-refractivity contribution in [3.8, 4) is 11.3 Å². The summed E-state index contributed by atoms with van der Waals surface area (Å²) in [5, 5.41) is 9.22. The van der Waals surface area contributed by atoms with Crippen molar-refractivity contribution >= 4 is 15.9 Å². The number of aromatic amines is 1. The SMILES string of the molecule is CC(C)(C)NS(=O)(=O)c1ccc(C(=O)NCc2ccc(-c3ccn[nH]3)cc2)o1. The van der Waals surface area contributed by atoms with Crippen LogP contribution in [0.2, 0.25) is 0 Å². The molecule has 8 nitrogen and oxygen atoms in total. The Bertz CT molecular complexity index is 1050. The van der Waals surface area contributed by atoms with E-state index in [1.54, 1.807) is 27.0 Å². The largest absolute Gasteiger partial charge is 0.438 e. The second-order valence-corrected chi connectivity index (χ2v) is 8.94. The lowest BCUT2D eigenvalue weighted by molar-refractivity contribution is 0.0918. The molecule has 2 heterocycles. The molecule has 3 rings (SSSR count). The average molecular weight is 402 g/mol. The molecule has 0 saturated carbocycles. The molecule has 0 aliphatic rings. The van der Waals surface area contributed by atoms with Crippen LogP contribution >= 0.6 is 0 Å². The average Bonchev–Trinajstić information content (AvgIpc) is 3.30. The fraction of sp³-hybridized carbons (Fsp3) is 0.263. The first-order valence-electron chi connectivity index (χ1n) is 8.65. The van der Waals surface area contributed by atoms with Crippen molar-refractivity contribution in [1.29, 1.82) is 0 Å². The Hall–Kier alpha value is -2.91. The molecule has 9 heteroatoms. The van der Waals surface area contributed by atoms with Gasteiger partial charge in [-0.15, -0.1) is 0 Å². The number of rotatable bonds is 6. The normalized spacial score (nSPS) is 12.1. The summed E-state index contributed by atoms with van der Waals surface area (Å²) in [6.07, 6.45) is 1.68. The fourth-order valence-corrected chi connectivity index (χ4v) is 3.88. The van der Waals surface area contributed by atoms with Gasteiger partial charge in [0.25, 0.3) is 15.9 Å². The highest BCUT2D eigenvalue weighted by atomic mass is 32.2. The summed E-state index contributed by atoms with van der Waals surface area (Å²) in [7, 11) is -3.83. The van der Waals surface area contributed by atoms with Gasteiger partial charge in [-0.25, -0.2) is 13.1 Å². The zero-order chi connectivity index (χ0) is 20.4. The molecule has 0 aliphatic heterocycles. The lowest BCUT2D eigenvalue weighted by Gasteiger charge is -2.18. The third-order valence-corrected chi connectivity index (χ3v) is 5.36. The third kappa shape index (κ3) is 4.87. The molecule has 1 amide bonds. The number of sulfonamides is 1. The maximum Gasteiger partial charge on any atom is 0.287 e. The topological polar surface area (TPSA) is 117 Å². The van der Waals surface area contributed by atoms with Gasteiger partial charge in [0.05, 0.1) is 5.69 Å². The van der Waals surface area contributed by atoms with Gasteiger partial charge in [0.15, 0.2) is 5.76 Å². The molecule has 0 unspecified atom stereocenters. The third-order valence-electron chi connectivity index (χ3n) is 3.73. The molecule has 1 aromatic carbocycles. The Morgan fingerprint density at radius 1 is 1.11 bits per heavy atom. The second kappa shape index (κ2) is 7.61. The van der Waals surface area contributed by atoms with Crippen molar-refractivity contribution in [3.05, 3.63) is 60.0 Å². The quantitative estimate of drug-likeness (QED) is 0.586. The maximum absolute atomic E-state index is 12.3.